The highest BCUT2D eigenvalue weighted by Crippen LogP contribution is 2.29. The van der Waals surface area contributed by atoms with E-state index in [9.17, 15) is 18.3 Å². The summed E-state index contributed by atoms with van der Waals surface area (Å²) in [4.78, 5) is 0. The smallest absolute Gasteiger partial charge is 0.388 e. The van der Waals surface area contributed by atoms with Crippen LogP contribution in [0.15, 0.2) is 18.2 Å². The SMILES string of the molecule is Cl.N[C@H](C[C@@H](O)c1cc(Cl)cc(Cl)c1)C(F)(F)F. The molecule has 0 unspecified atom stereocenters. The van der Waals surface area contributed by atoms with Crippen molar-refractivity contribution in [3.05, 3.63) is 33.8 Å². The first-order valence-corrected chi connectivity index (χ1v) is 5.42. The average Bonchev–Trinajstić information content (AvgIpc) is 2.14. The second-order valence-electron chi connectivity index (χ2n) is 3.60. The molecule has 18 heavy (non-hydrogen) atoms. The third-order valence-corrected chi connectivity index (χ3v) is 2.60. The number of aliphatic hydroxyl groups is 1. The van der Waals surface area contributed by atoms with Gasteiger partial charge in [-0.2, -0.15) is 13.2 Å². The molecule has 0 aromatic heterocycles. The van der Waals surface area contributed by atoms with Gasteiger partial charge in [-0.15, -0.1) is 12.4 Å². The Morgan fingerprint density at radius 1 is 1.17 bits per heavy atom. The molecule has 0 aliphatic rings. The molecule has 1 aromatic rings. The average molecular weight is 325 g/mol. The number of halogens is 6. The molecule has 0 spiro atoms. The van der Waals surface area contributed by atoms with Gasteiger partial charge in [0.15, 0.2) is 0 Å². The summed E-state index contributed by atoms with van der Waals surface area (Å²) in [6, 6.07) is 2.03. The molecule has 0 saturated heterocycles. The molecule has 0 aliphatic carbocycles. The number of alkyl halides is 3. The zero-order valence-corrected chi connectivity index (χ0v) is 11.2. The lowest BCUT2D eigenvalue weighted by atomic mass is 10.0. The van der Waals surface area contributed by atoms with Crippen LogP contribution in [0.1, 0.15) is 18.1 Å². The fourth-order valence-corrected chi connectivity index (χ4v) is 1.82. The van der Waals surface area contributed by atoms with E-state index >= 15 is 0 Å². The van der Waals surface area contributed by atoms with Crippen LogP contribution in [-0.4, -0.2) is 17.3 Å². The lowest BCUT2D eigenvalue weighted by Gasteiger charge is -2.19. The lowest BCUT2D eigenvalue weighted by molar-refractivity contribution is -0.153. The van der Waals surface area contributed by atoms with E-state index in [1.54, 1.807) is 0 Å². The normalized spacial score (nSPS) is 14.8. The van der Waals surface area contributed by atoms with E-state index in [2.05, 4.69) is 0 Å². The number of aliphatic hydroxyl groups excluding tert-OH is 1. The van der Waals surface area contributed by atoms with E-state index in [1.807, 2.05) is 0 Å². The number of nitrogens with two attached hydrogens (primary N) is 1. The van der Waals surface area contributed by atoms with Gasteiger partial charge >= 0.3 is 6.18 Å². The lowest BCUT2D eigenvalue weighted by Crippen LogP contribution is -2.38. The van der Waals surface area contributed by atoms with Gasteiger partial charge in [0.25, 0.3) is 0 Å². The van der Waals surface area contributed by atoms with E-state index in [0.717, 1.165) is 0 Å². The molecule has 2 nitrogen and oxygen atoms in total. The van der Waals surface area contributed by atoms with Crippen molar-refractivity contribution in [2.45, 2.75) is 24.7 Å². The molecule has 3 N–H and O–H groups in total. The van der Waals surface area contributed by atoms with Crippen LogP contribution in [0.4, 0.5) is 13.2 Å². The summed E-state index contributed by atoms with van der Waals surface area (Å²) < 4.78 is 36.6. The Hall–Kier alpha value is -0.200. The van der Waals surface area contributed by atoms with Gasteiger partial charge < -0.3 is 10.8 Å². The number of benzene rings is 1. The Morgan fingerprint density at radius 2 is 1.61 bits per heavy atom. The van der Waals surface area contributed by atoms with Gasteiger partial charge in [-0.25, -0.2) is 0 Å². The highest BCUT2D eigenvalue weighted by molar-refractivity contribution is 6.34. The molecule has 0 saturated carbocycles. The van der Waals surface area contributed by atoms with Crippen molar-refractivity contribution in [1.29, 1.82) is 0 Å². The Morgan fingerprint density at radius 3 is 2.00 bits per heavy atom. The fourth-order valence-electron chi connectivity index (χ4n) is 1.28. The van der Waals surface area contributed by atoms with Crippen LogP contribution in [0.3, 0.4) is 0 Å². The molecule has 0 aliphatic heterocycles. The van der Waals surface area contributed by atoms with E-state index < -0.39 is 24.7 Å². The molecular formula is C10H11Cl3F3NO. The van der Waals surface area contributed by atoms with Gasteiger partial charge in [-0.3, -0.25) is 0 Å². The van der Waals surface area contributed by atoms with Crippen molar-refractivity contribution >= 4 is 35.6 Å². The predicted octanol–water partition coefficient (Wildman–Crippen LogP) is 3.73. The Bertz CT molecular complexity index is 380. The first kappa shape index (κ1) is 17.8. The van der Waals surface area contributed by atoms with Crippen LogP contribution >= 0.6 is 35.6 Å². The molecule has 0 radical (unpaired) electrons. The minimum Gasteiger partial charge on any atom is -0.388 e. The molecular weight excluding hydrogens is 313 g/mol. The first-order chi connectivity index (χ1) is 7.70. The number of hydrogen-bond donors (Lipinski definition) is 2. The molecule has 1 rings (SSSR count). The third-order valence-electron chi connectivity index (χ3n) is 2.17. The van der Waals surface area contributed by atoms with Crippen LogP contribution in [-0.2, 0) is 0 Å². The summed E-state index contributed by atoms with van der Waals surface area (Å²) in [5, 5.41) is 10.1. The topological polar surface area (TPSA) is 46.2 Å². The zero-order chi connectivity index (χ0) is 13.2. The Labute approximate surface area is 118 Å². The molecule has 1 aromatic carbocycles. The summed E-state index contributed by atoms with van der Waals surface area (Å²) in [5.41, 5.74) is 5.12. The quantitative estimate of drug-likeness (QED) is 0.890. The van der Waals surface area contributed by atoms with Crippen LogP contribution in [0, 0.1) is 0 Å². The van der Waals surface area contributed by atoms with Crippen molar-refractivity contribution in [2.75, 3.05) is 0 Å². The standard InChI is InChI=1S/C10H10Cl2F3NO.ClH/c11-6-1-5(2-7(12)3-6)8(17)4-9(16)10(13,14)15;/h1-3,8-9,17H,4,16H2;1H/t8-,9-;/m1./s1. The van der Waals surface area contributed by atoms with Crippen LogP contribution in [0.2, 0.25) is 10.0 Å². The highest BCUT2D eigenvalue weighted by atomic mass is 35.5. The summed E-state index contributed by atoms with van der Waals surface area (Å²) in [6.07, 6.45) is -6.54. The van der Waals surface area contributed by atoms with Gasteiger partial charge in [0.2, 0.25) is 0 Å². The van der Waals surface area contributed by atoms with Gasteiger partial charge in [-0.1, -0.05) is 23.2 Å². The van der Waals surface area contributed by atoms with E-state index in [4.69, 9.17) is 28.9 Å². The molecule has 2 atom stereocenters. The van der Waals surface area contributed by atoms with Crippen molar-refractivity contribution in [2.24, 2.45) is 5.73 Å². The molecule has 104 valence electrons. The molecule has 0 fully saturated rings. The van der Waals surface area contributed by atoms with Gasteiger partial charge in [0.05, 0.1) is 6.10 Å². The summed E-state index contributed by atoms with van der Waals surface area (Å²) in [5.74, 6) is 0. The summed E-state index contributed by atoms with van der Waals surface area (Å²) >= 11 is 11.3. The van der Waals surface area contributed by atoms with Crippen molar-refractivity contribution in [1.82, 2.24) is 0 Å². The van der Waals surface area contributed by atoms with Gasteiger partial charge in [-0.05, 0) is 23.8 Å². The van der Waals surface area contributed by atoms with E-state index in [-0.39, 0.29) is 28.0 Å². The van der Waals surface area contributed by atoms with E-state index in [1.165, 1.54) is 18.2 Å². The van der Waals surface area contributed by atoms with Crippen molar-refractivity contribution in [3.63, 3.8) is 0 Å². The largest absolute Gasteiger partial charge is 0.403 e. The van der Waals surface area contributed by atoms with Gasteiger partial charge in [0.1, 0.15) is 6.04 Å². The zero-order valence-electron chi connectivity index (χ0n) is 8.92. The Balaban J connectivity index is 0.00000289. The second kappa shape index (κ2) is 6.82. The fraction of sp³-hybridized carbons (Fsp3) is 0.400. The molecule has 8 heteroatoms. The maximum atomic E-state index is 12.2. The van der Waals surface area contributed by atoms with Crippen LogP contribution in [0.5, 0.6) is 0 Å². The van der Waals surface area contributed by atoms with Crippen molar-refractivity contribution in [3.8, 4) is 0 Å². The maximum Gasteiger partial charge on any atom is 0.403 e. The third kappa shape index (κ3) is 5.20. The molecule has 0 bridgehead atoms. The minimum atomic E-state index is -4.54. The van der Waals surface area contributed by atoms with Gasteiger partial charge in [0, 0.05) is 16.5 Å². The highest BCUT2D eigenvalue weighted by Gasteiger charge is 2.37. The van der Waals surface area contributed by atoms with Crippen LogP contribution < -0.4 is 5.73 Å². The number of hydrogen-bond acceptors (Lipinski definition) is 2. The summed E-state index contributed by atoms with van der Waals surface area (Å²) in [6.45, 7) is 0. The monoisotopic (exact) mass is 323 g/mol. The number of rotatable bonds is 3. The summed E-state index contributed by atoms with van der Waals surface area (Å²) in [7, 11) is 0. The first-order valence-electron chi connectivity index (χ1n) is 4.66. The maximum absolute atomic E-state index is 12.2. The van der Waals surface area contributed by atoms with E-state index in [0.29, 0.717) is 0 Å². The predicted molar refractivity (Wildman–Crippen MR) is 67.3 cm³/mol. The molecule has 0 heterocycles. The van der Waals surface area contributed by atoms with Crippen LogP contribution in [0.25, 0.3) is 0 Å². The van der Waals surface area contributed by atoms with Crippen molar-refractivity contribution < 1.29 is 18.3 Å². The molecule has 0 amide bonds. The Kier molecular flexibility index (Phi) is 6.74. The minimum absolute atomic E-state index is 0. The second-order valence-corrected chi connectivity index (χ2v) is 4.48.